The SMILES string of the molecule is CC(=O)OC1CC2C(C)(C)C=CC(=O)[C@@]2(C)C2CC[C@@]3(C)C(c4ccoc4)OC(=O)C4OC43[C@]12C. The maximum atomic E-state index is 13.7. The highest BCUT2D eigenvalue weighted by atomic mass is 16.7. The molecule has 6 rings (SSSR count). The molecule has 2 aliphatic heterocycles. The number of hydrogen-bond acceptors (Lipinski definition) is 7. The molecule has 1 aromatic rings. The van der Waals surface area contributed by atoms with E-state index in [1.54, 1.807) is 18.6 Å². The Bertz CT molecular complexity index is 1150. The monoisotopic (exact) mass is 482 g/mol. The van der Waals surface area contributed by atoms with Crippen molar-refractivity contribution in [3.8, 4) is 0 Å². The van der Waals surface area contributed by atoms with Crippen molar-refractivity contribution in [2.45, 2.75) is 84.7 Å². The molecule has 0 N–H and O–H groups in total. The van der Waals surface area contributed by atoms with Gasteiger partial charge in [-0.3, -0.25) is 9.59 Å². The predicted octanol–water partition coefficient (Wildman–Crippen LogP) is 4.56. The van der Waals surface area contributed by atoms with Crippen LogP contribution in [0.5, 0.6) is 0 Å². The number of fused-ring (bicyclic) bond motifs is 3. The average Bonchev–Trinajstić information content (AvgIpc) is 3.35. The normalized spacial score (nSPS) is 49.1. The zero-order chi connectivity index (χ0) is 25.2. The van der Waals surface area contributed by atoms with Crippen molar-refractivity contribution in [1.29, 1.82) is 0 Å². The summed E-state index contributed by atoms with van der Waals surface area (Å²) < 4.78 is 23.9. The zero-order valence-corrected chi connectivity index (χ0v) is 21.3. The second-order valence-corrected chi connectivity index (χ2v) is 12.6. The summed E-state index contributed by atoms with van der Waals surface area (Å²) in [5.41, 5.74) is -2.37. The average molecular weight is 483 g/mol. The largest absolute Gasteiger partial charge is 0.472 e. The number of esters is 2. The van der Waals surface area contributed by atoms with E-state index in [0.717, 1.165) is 12.0 Å². The van der Waals surface area contributed by atoms with Crippen molar-refractivity contribution in [3.05, 3.63) is 36.3 Å². The van der Waals surface area contributed by atoms with Crippen LogP contribution in [-0.2, 0) is 28.6 Å². The Morgan fingerprint density at radius 3 is 2.49 bits per heavy atom. The van der Waals surface area contributed by atoms with Gasteiger partial charge in [-0.25, -0.2) is 4.79 Å². The van der Waals surface area contributed by atoms with Gasteiger partial charge in [0.25, 0.3) is 0 Å². The number of cyclic esters (lactones) is 1. The number of ether oxygens (including phenoxy) is 3. The summed E-state index contributed by atoms with van der Waals surface area (Å²) in [5.74, 6) is -0.794. The lowest BCUT2D eigenvalue weighted by Gasteiger charge is -2.68. The van der Waals surface area contributed by atoms with Crippen molar-refractivity contribution in [1.82, 2.24) is 0 Å². The van der Waals surface area contributed by atoms with Crippen LogP contribution in [0.15, 0.2) is 35.2 Å². The smallest absolute Gasteiger partial charge is 0.339 e. The highest BCUT2D eigenvalue weighted by molar-refractivity contribution is 5.96. The second-order valence-electron chi connectivity index (χ2n) is 12.6. The first-order valence-corrected chi connectivity index (χ1v) is 12.7. The standard InChI is InChI=1S/C28H34O7/c1-15(29)33-20-13-18-24(2,3)10-8-19(30)26(18,5)17-7-11-25(4)21(16-9-12-32-14-16)34-23(31)22-28(25,35-22)27(17,20)6/h8-10,12,14,17-18,20-22H,7,11,13H2,1-6H3/t17?,18?,20?,21?,22?,25-,26-,27-,28?/m0/s1. The van der Waals surface area contributed by atoms with Crippen LogP contribution in [0.4, 0.5) is 0 Å². The summed E-state index contributed by atoms with van der Waals surface area (Å²) in [6, 6.07) is 1.83. The van der Waals surface area contributed by atoms with Crippen LogP contribution in [0.3, 0.4) is 0 Å². The van der Waals surface area contributed by atoms with Crippen molar-refractivity contribution in [2.24, 2.45) is 33.5 Å². The van der Waals surface area contributed by atoms with E-state index in [-0.39, 0.29) is 29.0 Å². The summed E-state index contributed by atoms with van der Waals surface area (Å²) in [4.78, 5) is 39.4. The maximum Gasteiger partial charge on any atom is 0.339 e. The van der Waals surface area contributed by atoms with Gasteiger partial charge in [-0.2, -0.15) is 0 Å². The lowest BCUT2D eigenvalue weighted by Crippen LogP contribution is -2.73. The molecule has 5 aliphatic rings. The lowest BCUT2D eigenvalue weighted by atomic mass is 9.35. The van der Waals surface area contributed by atoms with Crippen LogP contribution in [0, 0.1) is 33.5 Å². The fraction of sp³-hybridized carbons (Fsp3) is 0.679. The third-order valence-corrected chi connectivity index (χ3v) is 10.8. The van der Waals surface area contributed by atoms with Gasteiger partial charge in [0.2, 0.25) is 0 Å². The van der Waals surface area contributed by atoms with Gasteiger partial charge in [0.05, 0.1) is 12.5 Å². The first kappa shape index (κ1) is 23.0. The van der Waals surface area contributed by atoms with Crippen LogP contribution in [-0.4, -0.2) is 35.5 Å². The molecule has 7 heteroatoms. The van der Waals surface area contributed by atoms with Crippen molar-refractivity contribution >= 4 is 17.7 Å². The first-order chi connectivity index (χ1) is 16.3. The molecule has 0 radical (unpaired) electrons. The Hall–Kier alpha value is -2.41. The molecule has 0 aromatic carbocycles. The second kappa shape index (κ2) is 6.67. The fourth-order valence-corrected chi connectivity index (χ4v) is 9.22. The molecule has 4 fully saturated rings. The van der Waals surface area contributed by atoms with Gasteiger partial charge < -0.3 is 18.6 Å². The molecule has 3 heterocycles. The summed E-state index contributed by atoms with van der Waals surface area (Å²) in [6.07, 6.45) is 7.12. The maximum absolute atomic E-state index is 13.7. The number of ketones is 1. The van der Waals surface area contributed by atoms with Crippen LogP contribution < -0.4 is 0 Å². The molecular weight excluding hydrogens is 448 g/mol. The van der Waals surface area contributed by atoms with Crippen molar-refractivity contribution in [3.63, 3.8) is 0 Å². The van der Waals surface area contributed by atoms with E-state index >= 15 is 0 Å². The lowest BCUT2D eigenvalue weighted by molar-refractivity contribution is -0.253. The Morgan fingerprint density at radius 2 is 1.83 bits per heavy atom. The zero-order valence-electron chi connectivity index (χ0n) is 21.3. The van der Waals surface area contributed by atoms with E-state index in [0.29, 0.717) is 12.8 Å². The number of hydrogen-bond donors (Lipinski definition) is 0. The molecule has 6 unspecified atom stereocenters. The van der Waals surface area contributed by atoms with Gasteiger partial charge in [0.1, 0.15) is 17.8 Å². The van der Waals surface area contributed by atoms with E-state index in [9.17, 15) is 14.4 Å². The number of epoxide rings is 1. The number of rotatable bonds is 2. The molecule has 0 bridgehead atoms. The predicted molar refractivity (Wildman–Crippen MR) is 124 cm³/mol. The van der Waals surface area contributed by atoms with Crippen LogP contribution >= 0.6 is 0 Å². The number of carbonyl (C=O) groups excluding carboxylic acids is 3. The number of furan rings is 1. The minimum Gasteiger partial charge on any atom is -0.472 e. The molecule has 188 valence electrons. The van der Waals surface area contributed by atoms with E-state index in [4.69, 9.17) is 18.6 Å². The molecule has 2 saturated carbocycles. The Kier molecular flexibility index (Phi) is 4.38. The van der Waals surface area contributed by atoms with Gasteiger partial charge in [-0.05, 0) is 48.7 Å². The minimum absolute atomic E-state index is 0.00639. The molecular formula is C28H34O7. The molecule has 3 aliphatic carbocycles. The van der Waals surface area contributed by atoms with Gasteiger partial charge in [0.15, 0.2) is 11.9 Å². The van der Waals surface area contributed by atoms with E-state index in [2.05, 4.69) is 34.6 Å². The van der Waals surface area contributed by atoms with E-state index in [1.165, 1.54) is 6.92 Å². The van der Waals surface area contributed by atoms with E-state index < -0.39 is 46.1 Å². The Labute approximate surface area is 205 Å². The minimum atomic E-state index is -0.917. The van der Waals surface area contributed by atoms with Crippen LogP contribution in [0.2, 0.25) is 0 Å². The van der Waals surface area contributed by atoms with E-state index in [1.807, 2.05) is 12.1 Å². The summed E-state index contributed by atoms with van der Waals surface area (Å²) in [7, 11) is 0. The van der Waals surface area contributed by atoms with Gasteiger partial charge in [-0.15, -0.1) is 0 Å². The summed E-state index contributed by atoms with van der Waals surface area (Å²) >= 11 is 0. The number of allylic oxidation sites excluding steroid dienone is 2. The number of carbonyl (C=O) groups is 3. The third kappa shape index (κ3) is 2.48. The summed E-state index contributed by atoms with van der Waals surface area (Å²) in [5, 5.41) is 0. The molecule has 35 heavy (non-hydrogen) atoms. The fourth-order valence-electron chi connectivity index (χ4n) is 9.22. The van der Waals surface area contributed by atoms with Crippen LogP contribution in [0.1, 0.15) is 72.5 Å². The van der Waals surface area contributed by atoms with Gasteiger partial charge >= 0.3 is 11.9 Å². The quantitative estimate of drug-likeness (QED) is 0.450. The molecule has 7 nitrogen and oxygen atoms in total. The van der Waals surface area contributed by atoms with Crippen LogP contribution in [0.25, 0.3) is 0 Å². The summed E-state index contributed by atoms with van der Waals surface area (Å²) in [6.45, 7) is 12.0. The Morgan fingerprint density at radius 1 is 1.09 bits per heavy atom. The molecule has 2 saturated heterocycles. The van der Waals surface area contributed by atoms with Crippen molar-refractivity contribution in [2.75, 3.05) is 0 Å². The molecule has 1 aromatic heterocycles. The highest BCUT2D eigenvalue weighted by Crippen LogP contribution is 2.79. The topological polar surface area (TPSA) is 95.3 Å². The van der Waals surface area contributed by atoms with Gasteiger partial charge in [-0.1, -0.05) is 40.7 Å². The third-order valence-electron chi connectivity index (χ3n) is 10.8. The van der Waals surface area contributed by atoms with Gasteiger partial charge in [0, 0.05) is 28.7 Å². The molecule has 9 atom stereocenters. The molecule has 0 amide bonds. The molecule has 1 spiro atoms. The highest BCUT2D eigenvalue weighted by Gasteiger charge is 2.88. The Balaban J connectivity index is 1.56. The first-order valence-electron chi connectivity index (χ1n) is 12.7. The van der Waals surface area contributed by atoms with Crippen molar-refractivity contribution < 1.29 is 33.0 Å².